The molecule has 1 atom stereocenters. The van der Waals surface area contributed by atoms with E-state index in [2.05, 4.69) is 25.6 Å². The monoisotopic (exact) mass is 562 g/mol. The molecule has 0 radical (unpaired) electrons. The number of aromatic nitrogens is 3. The smallest absolute Gasteiger partial charge is 0.385 e. The van der Waals surface area contributed by atoms with Crippen molar-refractivity contribution in [2.45, 2.75) is 69.1 Å². The lowest BCUT2D eigenvalue weighted by atomic mass is 9.77. The van der Waals surface area contributed by atoms with Crippen molar-refractivity contribution in [1.82, 2.24) is 25.0 Å². The third-order valence-corrected chi connectivity index (χ3v) is 8.36. The molecule has 0 spiro atoms. The first kappa shape index (κ1) is 28.3. The lowest BCUT2D eigenvalue weighted by Crippen LogP contribution is -2.63. The van der Waals surface area contributed by atoms with Crippen LogP contribution in [0.25, 0.3) is 10.9 Å². The summed E-state index contributed by atoms with van der Waals surface area (Å²) in [5.74, 6) is -0.0590. The van der Waals surface area contributed by atoms with E-state index in [4.69, 9.17) is 0 Å². The predicted molar refractivity (Wildman–Crippen MR) is 142 cm³/mol. The molecule has 8 nitrogen and oxygen atoms in total. The summed E-state index contributed by atoms with van der Waals surface area (Å²) >= 11 is 0. The molecule has 1 saturated heterocycles. The summed E-state index contributed by atoms with van der Waals surface area (Å²) in [4.78, 5) is 19.2. The fourth-order valence-corrected chi connectivity index (χ4v) is 5.67. The number of likely N-dealkylation sites (tertiary alicyclic amines) is 1. The molecular formula is C28H34F4N6O2. The number of benzene rings is 1. The number of aryl methyl sites for hydroxylation is 2. The minimum absolute atomic E-state index is 0.0116. The van der Waals surface area contributed by atoms with Crippen molar-refractivity contribution in [1.29, 1.82) is 0 Å². The molecule has 216 valence electrons. The standard InChI is InChI=1S/C28H34F4N6O2/c1-17-4-5-19(13-33-17)27(40)10-8-21(9-11-27)38-15-20(16-38)35-24(39)14-34-25-22-12-18(26(2,29)28(30,31)32)6-7-23(22)37(3)36-25/h4-7,12-13,20-21,40H,8-11,14-16H2,1-3H3,(H,34,36)(H,35,39). The van der Waals surface area contributed by atoms with Crippen molar-refractivity contribution in [3.63, 3.8) is 0 Å². The van der Waals surface area contributed by atoms with E-state index in [0.717, 1.165) is 36.2 Å². The molecule has 2 fully saturated rings. The number of carbonyl (C=O) groups is 1. The Morgan fingerprint density at radius 3 is 2.48 bits per heavy atom. The zero-order chi connectivity index (χ0) is 28.9. The average Bonchev–Trinajstić information content (AvgIpc) is 3.20. The van der Waals surface area contributed by atoms with Gasteiger partial charge in [0.05, 0.1) is 23.7 Å². The Labute approximate surface area is 229 Å². The molecule has 5 rings (SSSR count). The van der Waals surface area contributed by atoms with Crippen LogP contribution in [0.5, 0.6) is 0 Å². The SMILES string of the molecule is Cc1ccc(C2(O)CCC(N3CC(NC(=O)CNc4nn(C)c5ccc(C(C)(F)C(F)(F)F)cc45)C3)CC2)cn1. The molecular weight excluding hydrogens is 528 g/mol. The van der Waals surface area contributed by atoms with E-state index in [1.54, 1.807) is 13.2 Å². The van der Waals surface area contributed by atoms with Crippen molar-refractivity contribution in [3.05, 3.63) is 53.3 Å². The number of nitrogens with one attached hydrogen (secondary N) is 2. The lowest BCUT2D eigenvalue weighted by Gasteiger charge is -2.48. The quantitative estimate of drug-likeness (QED) is 0.376. The van der Waals surface area contributed by atoms with Gasteiger partial charge in [0.25, 0.3) is 0 Å². The molecule has 1 saturated carbocycles. The van der Waals surface area contributed by atoms with Crippen LogP contribution >= 0.6 is 0 Å². The number of halogens is 4. The Hall–Kier alpha value is -3.25. The van der Waals surface area contributed by atoms with E-state index in [1.165, 1.54) is 10.7 Å². The third-order valence-electron chi connectivity index (χ3n) is 8.36. The van der Waals surface area contributed by atoms with E-state index < -0.39 is 23.0 Å². The van der Waals surface area contributed by atoms with Crippen LogP contribution in [0.4, 0.5) is 23.4 Å². The molecule has 1 aliphatic heterocycles. The third kappa shape index (κ3) is 5.38. The number of hydrogen-bond acceptors (Lipinski definition) is 6. The molecule has 1 unspecified atom stereocenters. The van der Waals surface area contributed by atoms with Crippen LogP contribution in [0.3, 0.4) is 0 Å². The van der Waals surface area contributed by atoms with E-state index in [-0.39, 0.29) is 24.3 Å². The Bertz CT molecular complexity index is 1370. The average molecular weight is 563 g/mol. The summed E-state index contributed by atoms with van der Waals surface area (Å²) in [5, 5.41) is 21.5. The minimum atomic E-state index is -5.07. The first-order chi connectivity index (χ1) is 18.8. The maximum absolute atomic E-state index is 14.5. The Morgan fingerprint density at radius 1 is 1.15 bits per heavy atom. The number of pyridine rings is 1. The molecule has 3 N–H and O–H groups in total. The van der Waals surface area contributed by atoms with Gasteiger partial charge in [-0.3, -0.25) is 19.4 Å². The molecule has 40 heavy (non-hydrogen) atoms. The normalized spacial score (nSPS) is 23.9. The fourth-order valence-electron chi connectivity index (χ4n) is 5.67. The Morgan fingerprint density at radius 2 is 1.85 bits per heavy atom. The second-order valence-electron chi connectivity index (χ2n) is 11.2. The molecule has 1 amide bonds. The van der Waals surface area contributed by atoms with Gasteiger partial charge >= 0.3 is 6.18 Å². The van der Waals surface area contributed by atoms with Crippen molar-refractivity contribution in [3.8, 4) is 0 Å². The van der Waals surface area contributed by atoms with Gasteiger partial charge < -0.3 is 15.7 Å². The highest BCUT2D eigenvalue weighted by Crippen LogP contribution is 2.43. The number of aliphatic hydroxyl groups is 1. The van der Waals surface area contributed by atoms with Gasteiger partial charge in [-0.25, -0.2) is 4.39 Å². The van der Waals surface area contributed by atoms with Crippen molar-refractivity contribution in [2.24, 2.45) is 7.05 Å². The van der Waals surface area contributed by atoms with Crippen molar-refractivity contribution >= 4 is 22.6 Å². The summed E-state index contributed by atoms with van der Waals surface area (Å²) in [5.41, 5.74) is -2.62. The lowest BCUT2D eigenvalue weighted by molar-refractivity contribution is -0.228. The van der Waals surface area contributed by atoms with E-state index >= 15 is 0 Å². The van der Waals surface area contributed by atoms with Gasteiger partial charge in [0, 0.05) is 49.0 Å². The maximum Gasteiger partial charge on any atom is 0.426 e. The molecule has 3 heterocycles. The zero-order valence-corrected chi connectivity index (χ0v) is 22.7. The van der Waals surface area contributed by atoms with Crippen LogP contribution in [-0.4, -0.2) is 68.6 Å². The number of nitrogens with zero attached hydrogens (tertiary/aromatic N) is 4. The first-order valence-electron chi connectivity index (χ1n) is 13.4. The van der Waals surface area contributed by atoms with Crippen LogP contribution in [0, 0.1) is 6.92 Å². The fraction of sp³-hybridized carbons (Fsp3) is 0.536. The molecule has 0 bridgehead atoms. The molecule has 2 aromatic heterocycles. The number of carbonyl (C=O) groups excluding carboxylic acids is 1. The summed E-state index contributed by atoms with van der Waals surface area (Å²) in [6, 6.07) is 7.80. The summed E-state index contributed by atoms with van der Waals surface area (Å²) < 4.78 is 55.7. The van der Waals surface area contributed by atoms with Crippen molar-refractivity contribution < 1.29 is 27.5 Å². The largest absolute Gasteiger partial charge is 0.426 e. The number of alkyl halides is 4. The van der Waals surface area contributed by atoms with E-state index in [0.29, 0.717) is 49.8 Å². The van der Waals surface area contributed by atoms with Gasteiger partial charge in [-0.15, -0.1) is 0 Å². The Kier molecular flexibility index (Phi) is 7.28. The van der Waals surface area contributed by atoms with Gasteiger partial charge in [-0.05, 0) is 63.3 Å². The molecule has 2 aliphatic rings. The highest BCUT2D eigenvalue weighted by Gasteiger charge is 2.53. The second-order valence-corrected chi connectivity index (χ2v) is 11.2. The topological polar surface area (TPSA) is 95.3 Å². The summed E-state index contributed by atoms with van der Waals surface area (Å²) in [6.45, 7) is 3.70. The van der Waals surface area contributed by atoms with Crippen LogP contribution in [0.15, 0.2) is 36.5 Å². The Balaban J connectivity index is 1.11. The van der Waals surface area contributed by atoms with Gasteiger partial charge in [0.1, 0.15) is 0 Å². The minimum Gasteiger partial charge on any atom is -0.385 e. The van der Waals surface area contributed by atoms with Crippen molar-refractivity contribution in [2.75, 3.05) is 25.0 Å². The first-order valence-corrected chi connectivity index (χ1v) is 13.4. The molecule has 1 aromatic carbocycles. The second kappa shape index (κ2) is 10.3. The maximum atomic E-state index is 14.5. The highest BCUT2D eigenvalue weighted by molar-refractivity contribution is 5.92. The molecule has 3 aromatic rings. The molecule has 12 heteroatoms. The number of hydrogen-bond donors (Lipinski definition) is 3. The summed E-state index contributed by atoms with van der Waals surface area (Å²) in [6.07, 6.45) is -0.286. The van der Waals surface area contributed by atoms with E-state index in [1.807, 2.05) is 19.1 Å². The number of amides is 1. The van der Waals surface area contributed by atoms with Crippen LogP contribution in [-0.2, 0) is 23.1 Å². The van der Waals surface area contributed by atoms with Gasteiger partial charge in [-0.2, -0.15) is 18.3 Å². The number of rotatable bonds is 7. The zero-order valence-electron chi connectivity index (χ0n) is 22.7. The highest BCUT2D eigenvalue weighted by atomic mass is 19.4. The van der Waals surface area contributed by atoms with Gasteiger partial charge in [-0.1, -0.05) is 12.1 Å². The number of anilines is 1. The van der Waals surface area contributed by atoms with Gasteiger partial charge in [0.2, 0.25) is 11.6 Å². The number of fused-ring (bicyclic) bond motifs is 1. The van der Waals surface area contributed by atoms with Crippen LogP contribution in [0.1, 0.15) is 49.4 Å². The summed E-state index contributed by atoms with van der Waals surface area (Å²) in [7, 11) is 1.62. The van der Waals surface area contributed by atoms with Crippen LogP contribution in [0.2, 0.25) is 0 Å². The predicted octanol–water partition coefficient (Wildman–Crippen LogP) is 4.07. The van der Waals surface area contributed by atoms with Gasteiger partial charge in [0.15, 0.2) is 5.82 Å². The molecule has 1 aliphatic carbocycles. The van der Waals surface area contributed by atoms with E-state index in [9.17, 15) is 27.5 Å². The van der Waals surface area contributed by atoms with Crippen LogP contribution < -0.4 is 10.6 Å².